The molecule has 0 spiro atoms. The number of aromatic nitrogens is 2. The van der Waals surface area contributed by atoms with Crippen LogP contribution in [0.1, 0.15) is 0 Å². The van der Waals surface area contributed by atoms with Gasteiger partial charge in [0.15, 0.2) is 0 Å². The number of halogens is 1. The molecular formula is C16H20FN5O. The average Bonchev–Trinajstić information content (AvgIpc) is 2.56. The molecule has 0 amide bonds. The molecule has 0 aliphatic carbocycles. The Bertz CT molecular complexity index is 633. The number of hydrogen-bond donors (Lipinski definition) is 2. The van der Waals surface area contributed by atoms with Crippen LogP contribution in [-0.2, 0) is 4.74 Å². The van der Waals surface area contributed by atoms with Crippen LogP contribution in [0.5, 0.6) is 0 Å². The van der Waals surface area contributed by atoms with Crippen LogP contribution >= 0.6 is 0 Å². The van der Waals surface area contributed by atoms with Crippen molar-refractivity contribution in [3.63, 3.8) is 0 Å². The van der Waals surface area contributed by atoms with E-state index >= 15 is 0 Å². The maximum atomic E-state index is 13.2. The Hall–Kier alpha value is -2.25. The van der Waals surface area contributed by atoms with Crippen LogP contribution in [0.4, 0.5) is 21.7 Å². The van der Waals surface area contributed by atoms with E-state index in [2.05, 4.69) is 25.5 Å². The summed E-state index contributed by atoms with van der Waals surface area (Å²) in [5, 5.41) is 6.35. The van der Waals surface area contributed by atoms with Crippen molar-refractivity contribution >= 4 is 17.3 Å². The lowest BCUT2D eigenvalue weighted by Crippen LogP contribution is -2.39. The summed E-state index contributed by atoms with van der Waals surface area (Å²) < 4.78 is 18.5. The van der Waals surface area contributed by atoms with Gasteiger partial charge in [-0.25, -0.2) is 14.4 Å². The number of nitrogens with zero attached hydrogens (tertiary/aromatic N) is 3. The third-order valence-corrected chi connectivity index (χ3v) is 3.60. The lowest BCUT2D eigenvalue weighted by Gasteiger charge is -2.26. The van der Waals surface area contributed by atoms with Gasteiger partial charge in [0.2, 0.25) is 0 Å². The van der Waals surface area contributed by atoms with Gasteiger partial charge in [-0.05, 0) is 18.2 Å². The standard InChI is InChI=1S/C16H20FN5O/c17-13-2-1-3-14(10-13)21-16-11-15(19-12-20-16)18-4-5-22-6-8-23-9-7-22/h1-3,10-12H,4-9H2,(H2,18,19,20,21). The van der Waals surface area contributed by atoms with E-state index in [9.17, 15) is 4.39 Å². The Kier molecular flexibility index (Phi) is 5.33. The minimum atomic E-state index is -0.284. The fraction of sp³-hybridized carbons (Fsp3) is 0.375. The average molecular weight is 317 g/mol. The Morgan fingerprint density at radius 1 is 1.13 bits per heavy atom. The first-order valence-corrected chi connectivity index (χ1v) is 7.68. The van der Waals surface area contributed by atoms with Crippen LogP contribution in [0.15, 0.2) is 36.7 Å². The summed E-state index contributed by atoms with van der Waals surface area (Å²) in [5.41, 5.74) is 0.656. The zero-order chi connectivity index (χ0) is 15.9. The molecule has 0 radical (unpaired) electrons. The molecule has 1 aliphatic rings. The van der Waals surface area contributed by atoms with Gasteiger partial charge >= 0.3 is 0 Å². The van der Waals surface area contributed by atoms with Gasteiger partial charge in [0.25, 0.3) is 0 Å². The summed E-state index contributed by atoms with van der Waals surface area (Å²) in [6.07, 6.45) is 1.48. The molecule has 23 heavy (non-hydrogen) atoms. The summed E-state index contributed by atoms with van der Waals surface area (Å²) >= 11 is 0. The summed E-state index contributed by atoms with van der Waals surface area (Å²) in [6.45, 7) is 5.29. The van der Waals surface area contributed by atoms with E-state index in [1.807, 2.05) is 6.07 Å². The molecule has 6 nitrogen and oxygen atoms in total. The van der Waals surface area contributed by atoms with Crippen molar-refractivity contribution < 1.29 is 9.13 Å². The monoisotopic (exact) mass is 317 g/mol. The molecule has 2 heterocycles. The van der Waals surface area contributed by atoms with Gasteiger partial charge in [0.05, 0.1) is 13.2 Å². The number of rotatable bonds is 6. The summed E-state index contributed by atoms with van der Waals surface area (Å²) in [4.78, 5) is 10.7. The number of morpholine rings is 1. The Morgan fingerprint density at radius 2 is 1.96 bits per heavy atom. The van der Waals surface area contributed by atoms with E-state index in [4.69, 9.17) is 4.74 Å². The normalized spacial score (nSPS) is 15.3. The fourth-order valence-electron chi connectivity index (χ4n) is 2.40. The van der Waals surface area contributed by atoms with Gasteiger partial charge in [-0.2, -0.15) is 0 Å². The minimum absolute atomic E-state index is 0.284. The first-order valence-electron chi connectivity index (χ1n) is 7.68. The van der Waals surface area contributed by atoms with E-state index in [0.717, 1.165) is 45.2 Å². The third kappa shape index (κ3) is 4.87. The maximum absolute atomic E-state index is 13.2. The fourth-order valence-corrected chi connectivity index (χ4v) is 2.40. The highest BCUT2D eigenvalue weighted by atomic mass is 19.1. The summed E-state index contributed by atoms with van der Waals surface area (Å²) in [7, 11) is 0. The molecule has 0 bridgehead atoms. The first-order chi connectivity index (χ1) is 11.3. The van der Waals surface area contributed by atoms with Gasteiger partial charge in [-0.3, -0.25) is 4.90 Å². The second-order valence-electron chi connectivity index (χ2n) is 5.30. The minimum Gasteiger partial charge on any atom is -0.379 e. The van der Waals surface area contributed by atoms with Crippen molar-refractivity contribution in [2.45, 2.75) is 0 Å². The van der Waals surface area contributed by atoms with Crippen LogP contribution in [0.3, 0.4) is 0 Å². The van der Waals surface area contributed by atoms with Gasteiger partial charge < -0.3 is 15.4 Å². The third-order valence-electron chi connectivity index (χ3n) is 3.60. The molecule has 7 heteroatoms. The Labute approximate surface area is 134 Å². The van der Waals surface area contributed by atoms with E-state index in [1.165, 1.54) is 18.5 Å². The molecule has 0 unspecified atom stereocenters. The van der Waals surface area contributed by atoms with Gasteiger partial charge in [0, 0.05) is 37.9 Å². The highest BCUT2D eigenvalue weighted by Crippen LogP contribution is 2.16. The van der Waals surface area contributed by atoms with Crippen molar-refractivity contribution in [3.05, 3.63) is 42.5 Å². The van der Waals surface area contributed by atoms with Gasteiger partial charge in [-0.15, -0.1) is 0 Å². The van der Waals surface area contributed by atoms with Gasteiger partial charge in [-0.1, -0.05) is 6.07 Å². The predicted molar refractivity (Wildman–Crippen MR) is 87.5 cm³/mol. The lowest BCUT2D eigenvalue weighted by atomic mass is 10.3. The van der Waals surface area contributed by atoms with E-state index in [1.54, 1.807) is 12.1 Å². The Balaban J connectivity index is 1.52. The number of benzene rings is 1. The van der Waals surface area contributed by atoms with Crippen LogP contribution in [0.25, 0.3) is 0 Å². The van der Waals surface area contributed by atoms with Crippen molar-refractivity contribution in [2.75, 3.05) is 50.0 Å². The number of anilines is 3. The molecule has 2 aromatic rings. The molecule has 3 rings (SSSR count). The molecule has 1 fully saturated rings. The zero-order valence-electron chi connectivity index (χ0n) is 12.8. The second-order valence-corrected chi connectivity index (χ2v) is 5.30. The van der Waals surface area contributed by atoms with E-state index < -0.39 is 0 Å². The summed E-state index contributed by atoms with van der Waals surface area (Å²) in [6, 6.07) is 8.08. The quantitative estimate of drug-likeness (QED) is 0.851. The van der Waals surface area contributed by atoms with Crippen molar-refractivity contribution in [1.82, 2.24) is 14.9 Å². The van der Waals surface area contributed by atoms with Crippen molar-refractivity contribution in [3.8, 4) is 0 Å². The number of hydrogen-bond acceptors (Lipinski definition) is 6. The molecule has 122 valence electrons. The smallest absolute Gasteiger partial charge is 0.135 e. The Morgan fingerprint density at radius 3 is 2.78 bits per heavy atom. The van der Waals surface area contributed by atoms with E-state index in [0.29, 0.717) is 11.5 Å². The molecule has 1 aliphatic heterocycles. The molecule has 1 aromatic heterocycles. The van der Waals surface area contributed by atoms with Crippen LogP contribution < -0.4 is 10.6 Å². The maximum Gasteiger partial charge on any atom is 0.135 e. The van der Waals surface area contributed by atoms with E-state index in [-0.39, 0.29) is 5.82 Å². The molecule has 0 atom stereocenters. The highest BCUT2D eigenvalue weighted by molar-refractivity contribution is 5.58. The molecular weight excluding hydrogens is 297 g/mol. The topological polar surface area (TPSA) is 62.3 Å². The predicted octanol–water partition coefficient (Wildman–Crippen LogP) is 2.10. The highest BCUT2D eigenvalue weighted by Gasteiger charge is 2.09. The largest absolute Gasteiger partial charge is 0.379 e. The van der Waals surface area contributed by atoms with Crippen molar-refractivity contribution in [1.29, 1.82) is 0 Å². The van der Waals surface area contributed by atoms with Crippen LogP contribution in [0.2, 0.25) is 0 Å². The zero-order valence-corrected chi connectivity index (χ0v) is 12.8. The van der Waals surface area contributed by atoms with Crippen molar-refractivity contribution in [2.24, 2.45) is 0 Å². The van der Waals surface area contributed by atoms with Gasteiger partial charge in [0.1, 0.15) is 23.8 Å². The second kappa shape index (κ2) is 7.85. The number of nitrogens with one attached hydrogen (secondary N) is 2. The van der Waals surface area contributed by atoms with Crippen LogP contribution in [0, 0.1) is 5.82 Å². The first kappa shape index (κ1) is 15.6. The number of ether oxygens (including phenoxy) is 1. The molecule has 2 N–H and O–H groups in total. The summed E-state index contributed by atoms with van der Waals surface area (Å²) in [5.74, 6) is 1.08. The van der Waals surface area contributed by atoms with Crippen LogP contribution in [-0.4, -0.2) is 54.3 Å². The SMILES string of the molecule is Fc1cccc(Nc2cc(NCCN3CCOCC3)ncn2)c1. The molecule has 0 saturated carbocycles. The molecule has 1 saturated heterocycles. The lowest BCUT2D eigenvalue weighted by molar-refractivity contribution is 0.0398. The molecule has 1 aromatic carbocycles.